The summed E-state index contributed by atoms with van der Waals surface area (Å²) in [7, 11) is 0. The van der Waals surface area contributed by atoms with Crippen molar-refractivity contribution in [2.75, 3.05) is 13.1 Å². The highest BCUT2D eigenvalue weighted by atomic mass is 16.2. The molecule has 0 spiro atoms. The molecule has 22 heavy (non-hydrogen) atoms. The van der Waals surface area contributed by atoms with Gasteiger partial charge in [0.05, 0.1) is 0 Å². The number of carbonyl (C=O) groups excluding carboxylic acids is 2. The van der Waals surface area contributed by atoms with Crippen LogP contribution in [-0.4, -0.2) is 40.8 Å². The Balaban J connectivity index is 2.10. The molecule has 1 fully saturated rings. The van der Waals surface area contributed by atoms with Gasteiger partial charge in [0.15, 0.2) is 0 Å². The third-order valence-corrected chi connectivity index (χ3v) is 4.17. The van der Waals surface area contributed by atoms with E-state index in [1.165, 1.54) is 12.6 Å². The van der Waals surface area contributed by atoms with Gasteiger partial charge in [-0.3, -0.25) is 14.6 Å². The smallest absolute Gasteiger partial charge is 0.270 e. The Morgan fingerprint density at radius 2 is 2.27 bits per heavy atom. The van der Waals surface area contributed by atoms with Gasteiger partial charge in [0.1, 0.15) is 5.69 Å². The van der Waals surface area contributed by atoms with Crippen molar-refractivity contribution in [3.63, 3.8) is 0 Å². The van der Waals surface area contributed by atoms with Crippen molar-refractivity contribution in [2.45, 2.75) is 46.1 Å². The molecule has 120 valence electrons. The molecule has 1 saturated heterocycles. The monoisotopic (exact) mass is 303 g/mol. The summed E-state index contributed by atoms with van der Waals surface area (Å²) < 4.78 is 0. The molecule has 2 unspecified atom stereocenters. The van der Waals surface area contributed by atoms with E-state index in [1.54, 1.807) is 12.1 Å². The van der Waals surface area contributed by atoms with Crippen LogP contribution in [-0.2, 0) is 0 Å². The maximum Gasteiger partial charge on any atom is 0.270 e. The molecule has 0 bridgehead atoms. The number of hydrogen-bond acceptors (Lipinski definition) is 3. The minimum absolute atomic E-state index is 0.00783. The molecule has 5 nitrogen and oxygen atoms in total. The first-order valence-corrected chi connectivity index (χ1v) is 8.07. The Labute approximate surface area is 132 Å². The van der Waals surface area contributed by atoms with Crippen LogP contribution in [0.25, 0.3) is 0 Å². The molecular weight excluding hydrogens is 278 g/mol. The Morgan fingerprint density at radius 3 is 2.95 bits per heavy atom. The van der Waals surface area contributed by atoms with E-state index in [0.717, 1.165) is 25.9 Å². The van der Waals surface area contributed by atoms with Gasteiger partial charge >= 0.3 is 0 Å². The number of nitrogens with zero attached hydrogens (tertiary/aromatic N) is 2. The average molecular weight is 303 g/mol. The number of aromatic nitrogens is 1. The van der Waals surface area contributed by atoms with Crippen LogP contribution in [0.15, 0.2) is 18.3 Å². The fraction of sp³-hybridized carbons (Fsp3) is 0.588. The Morgan fingerprint density at radius 1 is 1.50 bits per heavy atom. The van der Waals surface area contributed by atoms with E-state index in [-0.39, 0.29) is 17.9 Å². The molecule has 0 radical (unpaired) electrons. The molecule has 2 amide bonds. The van der Waals surface area contributed by atoms with Crippen molar-refractivity contribution < 1.29 is 9.59 Å². The summed E-state index contributed by atoms with van der Waals surface area (Å²) in [5, 5.41) is 2.87. The number of piperidine rings is 1. The predicted molar refractivity (Wildman–Crippen MR) is 85.8 cm³/mol. The first-order chi connectivity index (χ1) is 10.5. The molecular formula is C17H25N3O2. The Bertz CT molecular complexity index is 544. The van der Waals surface area contributed by atoms with Crippen molar-refractivity contribution >= 4 is 11.8 Å². The van der Waals surface area contributed by atoms with Gasteiger partial charge in [0.2, 0.25) is 0 Å². The van der Waals surface area contributed by atoms with E-state index in [0.29, 0.717) is 17.2 Å². The zero-order valence-electron chi connectivity index (χ0n) is 13.6. The lowest BCUT2D eigenvalue weighted by Gasteiger charge is -2.31. The average Bonchev–Trinajstić information content (AvgIpc) is 2.54. The van der Waals surface area contributed by atoms with E-state index in [4.69, 9.17) is 0 Å². The topological polar surface area (TPSA) is 62.3 Å². The van der Waals surface area contributed by atoms with E-state index in [9.17, 15) is 9.59 Å². The lowest BCUT2D eigenvalue weighted by atomic mass is 9.99. The van der Waals surface area contributed by atoms with Gasteiger partial charge in [-0.1, -0.05) is 13.8 Å². The largest absolute Gasteiger partial charge is 0.348 e. The molecule has 2 heterocycles. The molecule has 5 heteroatoms. The number of nitrogens with one attached hydrogen (secondary N) is 1. The Kier molecular flexibility index (Phi) is 5.52. The van der Waals surface area contributed by atoms with Crippen molar-refractivity contribution in [1.29, 1.82) is 0 Å². The molecule has 0 saturated carbocycles. The second-order valence-corrected chi connectivity index (χ2v) is 6.21. The van der Waals surface area contributed by atoms with Crippen LogP contribution in [0.4, 0.5) is 0 Å². The Hall–Kier alpha value is -1.91. The highest BCUT2D eigenvalue weighted by Crippen LogP contribution is 2.18. The zero-order chi connectivity index (χ0) is 16.1. The maximum absolute atomic E-state index is 12.6. The highest BCUT2D eigenvalue weighted by molar-refractivity contribution is 5.98. The zero-order valence-corrected chi connectivity index (χ0v) is 13.6. The lowest BCUT2D eigenvalue weighted by Crippen LogP contribution is -2.39. The van der Waals surface area contributed by atoms with Crippen LogP contribution in [0.1, 0.15) is 60.9 Å². The fourth-order valence-corrected chi connectivity index (χ4v) is 2.64. The first-order valence-electron chi connectivity index (χ1n) is 8.07. The summed E-state index contributed by atoms with van der Waals surface area (Å²) in [5.41, 5.74) is 0.842. The van der Waals surface area contributed by atoms with Crippen molar-refractivity contribution in [1.82, 2.24) is 15.2 Å². The lowest BCUT2D eigenvalue weighted by molar-refractivity contribution is 0.0683. The number of likely N-dealkylation sites (tertiary alicyclic amines) is 1. The van der Waals surface area contributed by atoms with Gasteiger partial charge in [-0.2, -0.15) is 0 Å². The standard InChI is InChI=1S/C17H25N3O2/c1-4-13(3)19-16(21)15-10-14(7-8-18-15)17(22)20-9-5-6-12(2)11-20/h7-8,10,12-13H,4-6,9,11H2,1-3H3,(H,19,21). The minimum atomic E-state index is -0.226. The molecule has 0 aromatic carbocycles. The number of rotatable bonds is 4. The summed E-state index contributed by atoms with van der Waals surface area (Å²) in [6.07, 6.45) is 4.60. The molecule has 0 aliphatic carbocycles. The molecule has 1 aromatic rings. The number of carbonyl (C=O) groups is 2. The highest BCUT2D eigenvalue weighted by Gasteiger charge is 2.23. The molecule has 1 aliphatic rings. The number of amides is 2. The predicted octanol–water partition coefficient (Wildman–Crippen LogP) is 2.48. The van der Waals surface area contributed by atoms with Crippen LogP contribution in [0.5, 0.6) is 0 Å². The maximum atomic E-state index is 12.6. The van der Waals surface area contributed by atoms with Gasteiger partial charge in [0.25, 0.3) is 11.8 Å². The van der Waals surface area contributed by atoms with Crippen LogP contribution in [0.3, 0.4) is 0 Å². The van der Waals surface area contributed by atoms with E-state index >= 15 is 0 Å². The van der Waals surface area contributed by atoms with Crippen LogP contribution < -0.4 is 5.32 Å². The van der Waals surface area contributed by atoms with Gasteiger partial charge in [-0.25, -0.2) is 0 Å². The summed E-state index contributed by atoms with van der Waals surface area (Å²) in [6, 6.07) is 3.37. The third kappa shape index (κ3) is 4.06. The third-order valence-electron chi connectivity index (χ3n) is 4.17. The summed E-state index contributed by atoms with van der Waals surface area (Å²) in [5.74, 6) is 0.301. The minimum Gasteiger partial charge on any atom is -0.348 e. The molecule has 1 aromatic heterocycles. The van der Waals surface area contributed by atoms with Crippen LogP contribution in [0.2, 0.25) is 0 Å². The first kappa shape index (κ1) is 16.5. The van der Waals surface area contributed by atoms with Gasteiger partial charge in [0, 0.05) is 30.9 Å². The summed E-state index contributed by atoms with van der Waals surface area (Å²) in [4.78, 5) is 30.6. The van der Waals surface area contributed by atoms with Crippen LogP contribution in [0, 0.1) is 5.92 Å². The van der Waals surface area contributed by atoms with Crippen molar-refractivity contribution in [3.8, 4) is 0 Å². The van der Waals surface area contributed by atoms with E-state index in [1.807, 2.05) is 18.7 Å². The van der Waals surface area contributed by atoms with Gasteiger partial charge in [-0.15, -0.1) is 0 Å². The normalized spacial score (nSPS) is 19.6. The van der Waals surface area contributed by atoms with Crippen LogP contribution >= 0.6 is 0 Å². The molecule has 1 aliphatic heterocycles. The molecule has 2 rings (SSSR count). The second kappa shape index (κ2) is 7.38. The van der Waals surface area contributed by atoms with E-state index < -0.39 is 0 Å². The summed E-state index contributed by atoms with van der Waals surface area (Å²) in [6.45, 7) is 7.70. The fourth-order valence-electron chi connectivity index (χ4n) is 2.64. The van der Waals surface area contributed by atoms with E-state index in [2.05, 4.69) is 17.2 Å². The summed E-state index contributed by atoms with van der Waals surface area (Å²) >= 11 is 0. The van der Waals surface area contributed by atoms with Crippen molar-refractivity contribution in [3.05, 3.63) is 29.6 Å². The number of hydrogen-bond donors (Lipinski definition) is 1. The van der Waals surface area contributed by atoms with Gasteiger partial charge < -0.3 is 10.2 Å². The quantitative estimate of drug-likeness (QED) is 0.929. The molecule has 2 atom stereocenters. The van der Waals surface area contributed by atoms with Crippen molar-refractivity contribution in [2.24, 2.45) is 5.92 Å². The van der Waals surface area contributed by atoms with Gasteiger partial charge in [-0.05, 0) is 44.2 Å². The second-order valence-electron chi connectivity index (χ2n) is 6.21. The molecule has 1 N–H and O–H groups in total. The number of pyridine rings is 1. The SMILES string of the molecule is CCC(C)NC(=O)c1cc(C(=O)N2CCCC(C)C2)ccn1.